The molecule has 0 aromatic rings. The van der Waals surface area contributed by atoms with Gasteiger partial charge in [0.05, 0.1) is 11.7 Å². The number of piperidine rings is 1. The van der Waals surface area contributed by atoms with Crippen molar-refractivity contribution in [2.45, 2.75) is 44.8 Å². The Labute approximate surface area is 99.3 Å². The lowest BCUT2D eigenvalue weighted by Gasteiger charge is -2.26. The highest BCUT2D eigenvalue weighted by atomic mass is 35.5. The molecule has 1 aliphatic heterocycles. The standard InChI is InChI=1S/C11H23NO2.ClH/c1-11(2,13-3)6-9-14-10-4-7-12-8-5-10;/h10,12H,4-9H2,1-3H3;1H. The zero-order chi connectivity index (χ0) is 10.4. The van der Waals surface area contributed by atoms with Crippen LogP contribution in [0, 0.1) is 0 Å². The summed E-state index contributed by atoms with van der Waals surface area (Å²) in [5.41, 5.74) is -0.0487. The molecule has 0 bridgehead atoms. The van der Waals surface area contributed by atoms with E-state index in [4.69, 9.17) is 9.47 Å². The monoisotopic (exact) mass is 237 g/mol. The molecule has 15 heavy (non-hydrogen) atoms. The minimum atomic E-state index is -0.0487. The maximum absolute atomic E-state index is 5.80. The maximum atomic E-state index is 5.80. The van der Waals surface area contributed by atoms with Crippen LogP contribution < -0.4 is 5.32 Å². The first-order valence-corrected chi connectivity index (χ1v) is 5.51. The molecule has 1 N–H and O–H groups in total. The number of halogens is 1. The molecule has 0 saturated carbocycles. The van der Waals surface area contributed by atoms with Crippen molar-refractivity contribution < 1.29 is 9.47 Å². The van der Waals surface area contributed by atoms with Crippen molar-refractivity contribution >= 4 is 12.4 Å². The molecule has 4 heteroatoms. The first-order valence-electron chi connectivity index (χ1n) is 5.51. The number of ether oxygens (including phenoxy) is 2. The first-order chi connectivity index (χ1) is 6.64. The molecule has 0 spiro atoms. The summed E-state index contributed by atoms with van der Waals surface area (Å²) in [6, 6.07) is 0. The molecule has 0 aromatic heterocycles. The van der Waals surface area contributed by atoms with Gasteiger partial charge in [-0.05, 0) is 46.2 Å². The third kappa shape index (κ3) is 6.36. The summed E-state index contributed by atoms with van der Waals surface area (Å²) in [4.78, 5) is 0. The van der Waals surface area contributed by atoms with Gasteiger partial charge in [-0.1, -0.05) is 0 Å². The molecule has 3 nitrogen and oxygen atoms in total. The number of hydrogen-bond donors (Lipinski definition) is 1. The Morgan fingerprint density at radius 1 is 1.27 bits per heavy atom. The molecule has 0 amide bonds. The van der Waals surface area contributed by atoms with Crippen molar-refractivity contribution in [3.05, 3.63) is 0 Å². The fourth-order valence-corrected chi connectivity index (χ4v) is 1.54. The molecule has 1 saturated heterocycles. The summed E-state index contributed by atoms with van der Waals surface area (Å²) in [5.74, 6) is 0. The van der Waals surface area contributed by atoms with E-state index in [2.05, 4.69) is 19.2 Å². The lowest BCUT2D eigenvalue weighted by molar-refractivity contribution is -0.0324. The number of rotatable bonds is 5. The lowest BCUT2D eigenvalue weighted by Crippen LogP contribution is -2.33. The van der Waals surface area contributed by atoms with Crippen LogP contribution in [0.3, 0.4) is 0 Å². The van der Waals surface area contributed by atoms with Crippen molar-refractivity contribution in [2.24, 2.45) is 0 Å². The minimum absolute atomic E-state index is 0. The summed E-state index contributed by atoms with van der Waals surface area (Å²) >= 11 is 0. The van der Waals surface area contributed by atoms with Crippen molar-refractivity contribution in [3.8, 4) is 0 Å². The van der Waals surface area contributed by atoms with Gasteiger partial charge in [0, 0.05) is 13.7 Å². The van der Waals surface area contributed by atoms with Crippen LogP contribution in [0.2, 0.25) is 0 Å². The van der Waals surface area contributed by atoms with Crippen LogP contribution in [0.15, 0.2) is 0 Å². The summed E-state index contributed by atoms with van der Waals surface area (Å²) in [6.07, 6.45) is 3.72. The minimum Gasteiger partial charge on any atom is -0.379 e. The first kappa shape index (κ1) is 15.2. The van der Waals surface area contributed by atoms with Crippen molar-refractivity contribution in [2.75, 3.05) is 26.8 Å². The van der Waals surface area contributed by atoms with E-state index >= 15 is 0 Å². The maximum Gasteiger partial charge on any atom is 0.0644 e. The lowest BCUT2D eigenvalue weighted by atomic mass is 10.1. The summed E-state index contributed by atoms with van der Waals surface area (Å²) in [7, 11) is 1.75. The van der Waals surface area contributed by atoms with Gasteiger partial charge in [-0.25, -0.2) is 0 Å². The SMILES string of the molecule is COC(C)(C)CCOC1CCNCC1.Cl. The molecule has 92 valence electrons. The molecule has 0 atom stereocenters. The molecule has 0 aromatic carbocycles. The summed E-state index contributed by atoms with van der Waals surface area (Å²) < 4.78 is 11.1. The Kier molecular flexibility index (Phi) is 7.53. The van der Waals surface area contributed by atoms with Crippen LogP contribution in [0.25, 0.3) is 0 Å². The quantitative estimate of drug-likeness (QED) is 0.794. The molecule has 0 unspecified atom stereocenters. The van der Waals surface area contributed by atoms with Crippen LogP contribution in [-0.2, 0) is 9.47 Å². The predicted octanol–water partition coefficient (Wildman–Crippen LogP) is 1.99. The number of nitrogens with one attached hydrogen (secondary N) is 1. The Bertz CT molecular complexity index is 159. The highest BCUT2D eigenvalue weighted by Gasteiger charge is 2.18. The normalized spacial score (nSPS) is 18.6. The highest BCUT2D eigenvalue weighted by Crippen LogP contribution is 2.15. The van der Waals surface area contributed by atoms with Crippen molar-refractivity contribution in [1.82, 2.24) is 5.32 Å². The fraction of sp³-hybridized carbons (Fsp3) is 1.00. The van der Waals surface area contributed by atoms with Crippen LogP contribution in [0.5, 0.6) is 0 Å². The van der Waals surface area contributed by atoms with Gasteiger partial charge < -0.3 is 14.8 Å². The Morgan fingerprint density at radius 3 is 2.40 bits per heavy atom. The van der Waals surface area contributed by atoms with E-state index in [0.29, 0.717) is 6.10 Å². The zero-order valence-corrected chi connectivity index (χ0v) is 10.9. The molecular weight excluding hydrogens is 214 g/mol. The van der Waals surface area contributed by atoms with Crippen LogP contribution >= 0.6 is 12.4 Å². The van der Waals surface area contributed by atoms with Gasteiger partial charge in [-0.3, -0.25) is 0 Å². The van der Waals surface area contributed by atoms with E-state index in [9.17, 15) is 0 Å². The van der Waals surface area contributed by atoms with E-state index < -0.39 is 0 Å². The fourth-order valence-electron chi connectivity index (χ4n) is 1.54. The Hall–Kier alpha value is 0.170. The topological polar surface area (TPSA) is 30.5 Å². The smallest absolute Gasteiger partial charge is 0.0644 e. The van der Waals surface area contributed by atoms with E-state index in [1.165, 1.54) is 0 Å². The van der Waals surface area contributed by atoms with Gasteiger partial charge in [0.2, 0.25) is 0 Å². The molecule has 0 radical (unpaired) electrons. The number of hydrogen-bond acceptors (Lipinski definition) is 3. The third-order valence-electron chi connectivity index (χ3n) is 2.90. The molecule has 1 fully saturated rings. The molecule has 1 rings (SSSR count). The average Bonchev–Trinajstić information content (AvgIpc) is 2.19. The second kappa shape index (κ2) is 7.44. The van der Waals surface area contributed by atoms with Crippen molar-refractivity contribution in [1.29, 1.82) is 0 Å². The second-order valence-electron chi connectivity index (χ2n) is 4.53. The van der Waals surface area contributed by atoms with E-state index in [-0.39, 0.29) is 18.0 Å². The van der Waals surface area contributed by atoms with Crippen LogP contribution in [0.4, 0.5) is 0 Å². The predicted molar refractivity (Wildman–Crippen MR) is 64.8 cm³/mol. The van der Waals surface area contributed by atoms with Gasteiger partial charge in [-0.2, -0.15) is 0 Å². The van der Waals surface area contributed by atoms with E-state index in [1.807, 2.05) is 0 Å². The van der Waals surface area contributed by atoms with Crippen molar-refractivity contribution in [3.63, 3.8) is 0 Å². The van der Waals surface area contributed by atoms with E-state index in [0.717, 1.165) is 39.0 Å². The Balaban J connectivity index is 0.00000196. The largest absolute Gasteiger partial charge is 0.379 e. The van der Waals surface area contributed by atoms with Gasteiger partial charge in [-0.15, -0.1) is 12.4 Å². The zero-order valence-electron chi connectivity index (χ0n) is 10.0. The highest BCUT2D eigenvalue weighted by molar-refractivity contribution is 5.85. The average molecular weight is 238 g/mol. The summed E-state index contributed by atoms with van der Waals surface area (Å²) in [6.45, 7) is 7.19. The molecule has 1 aliphatic rings. The second-order valence-corrected chi connectivity index (χ2v) is 4.53. The van der Waals surface area contributed by atoms with Gasteiger partial charge in [0.15, 0.2) is 0 Å². The van der Waals surface area contributed by atoms with Crippen LogP contribution in [0.1, 0.15) is 33.1 Å². The molecule has 0 aliphatic carbocycles. The number of methoxy groups -OCH3 is 1. The Morgan fingerprint density at radius 2 is 1.87 bits per heavy atom. The molecular formula is C11H24ClNO2. The van der Waals surface area contributed by atoms with E-state index in [1.54, 1.807) is 7.11 Å². The third-order valence-corrected chi connectivity index (χ3v) is 2.90. The molecule has 1 heterocycles. The summed E-state index contributed by atoms with van der Waals surface area (Å²) in [5, 5.41) is 3.33. The van der Waals surface area contributed by atoms with Gasteiger partial charge >= 0.3 is 0 Å². The van der Waals surface area contributed by atoms with Gasteiger partial charge in [0.25, 0.3) is 0 Å². The van der Waals surface area contributed by atoms with Gasteiger partial charge in [0.1, 0.15) is 0 Å². The van der Waals surface area contributed by atoms with Crippen LogP contribution in [-0.4, -0.2) is 38.5 Å².